The Labute approximate surface area is 152 Å². The van der Waals surface area contributed by atoms with Crippen molar-refractivity contribution < 1.29 is 13.2 Å². The largest absolute Gasteiger partial charge is 0.339 e. The number of hydrogen-bond donors (Lipinski definition) is 1. The molecule has 1 N–H and O–H groups in total. The topological polar surface area (TPSA) is 66.5 Å². The van der Waals surface area contributed by atoms with Crippen molar-refractivity contribution in [1.82, 2.24) is 9.62 Å². The maximum absolute atomic E-state index is 12.4. The molecule has 3 rings (SSSR count). The van der Waals surface area contributed by atoms with Gasteiger partial charge in [-0.25, -0.2) is 13.1 Å². The summed E-state index contributed by atoms with van der Waals surface area (Å²) in [5.41, 5.74) is 0.541. The number of rotatable bonds is 6. The highest BCUT2D eigenvalue weighted by molar-refractivity contribution is 7.89. The smallest absolute Gasteiger partial charge is 0.253 e. The molecule has 0 atom stereocenters. The third-order valence-corrected chi connectivity index (χ3v) is 6.71. The minimum atomic E-state index is -3.55. The molecule has 1 fully saturated rings. The Morgan fingerprint density at radius 3 is 2.44 bits per heavy atom. The van der Waals surface area contributed by atoms with Crippen LogP contribution in [0.5, 0.6) is 0 Å². The number of nitrogens with zero attached hydrogens (tertiary/aromatic N) is 1. The van der Waals surface area contributed by atoms with E-state index in [1.807, 2.05) is 22.4 Å². The van der Waals surface area contributed by atoms with Crippen molar-refractivity contribution in [3.63, 3.8) is 0 Å². The number of piperidine rings is 1. The van der Waals surface area contributed by atoms with Crippen LogP contribution in [0.15, 0.2) is 46.7 Å². The summed E-state index contributed by atoms with van der Waals surface area (Å²) in [6, 6.07) is 10.2. The average Bonchev–Trinajstić information content (AvgIpc) is 3.15. The second-order valence-corrected chi connectivity index (χ2v) is 8.90. The third-order valence-electron chi connectivity index (χ3n) is 4.30. The number of benzene rings is 1. The van der Waals surface area contributed by atoms with Gasteiger partial charge in [0.25, 0.3) is 5.91 Å². The fourth-order valence-electron chi connectivity index (χ4n) is 2.90. The van der Waals surface area contributed by atoms with E-state index in [1.54, 1.807) is 23.5 Å². The number of amides is 1. The molecule has 25 heavy (non-hydrogen) atoms. The first-order valence-corrected chi connectivity index (χ1v) is 10.8. The van der Waals surface area contributed by atoms with E-state index in [-0.39, 0.29) is 10.8 Å². The Morgan fingerprint density at radius 2 is 1.80 bits per heavy atom. The van der Waals surface area contributed by atoms with Crippen molar-refractivity contribution >= 4 is 27.3 Å². The zero-order valence-electron chi connectivity index (χ0n) is 14.0. The molecule has 1 amide bonds. The monoisotopic (exact) mass is 378 g/mol. The summed E-state index contributed by atoms with van der Waals surface area (Å²) in [5, 5.41) is 1.97. The molecule has 0 saturated carbocycles. The van der Waals surface area contributed by atoms with Crippen LogP contribution in [0.4, 0.5) is 0 Å². The van der Waals surface area contributed by atoms with Crippen LogP contribution in [0, 0.1) is 0 Å². The first-order chi connectivity index (χ1) is 12.1. The van der Waals surface area contributed by atoms with Gasteiger partial charge in [0.1, 0.15) is 0 Å². The van der Waals surface area contributed by atoms with Gasteiger partial charge in [-0.1, -0.05) is 6.07 Å². The van der Waals surface area contributed by atoms with Crippen LogP contribution in [0.2, 0.25) is 0 Å². The van der Waals surface area contributed by atoms with Crippen molar-refractivity contribution in [3.8, 4) is 0 Å². The minimum Gasteiger partial charge on any atom is -0.339 e. The van der Waals surface area contributed by atoms with Gasteiger partial charge in [0.2, 0.25) is 10.0 Å². The number of carbonyl (C=O) groups excluding carboxylic acids is 1. The molecule has 0 radical (unpaired) electrons. The van der Waals surface area contributed by atoms with Crippen LogP contribution in [0.1, 0.15) is 34.5 Å². The molecule has 7 heteroatoms. The molecule has 1 aromatic heterocycles. The molecule has 5 nitrogen and oxygen atoms in total. The Kier molecular flexibility index (Phi) is 5.88. The Balaban J connectivity index is 1.61. The molecule has 0 unspecified atom stereocenters. The van der Waals surface area contributed by atoms with E-state index in [4.69, 9.17) is 0 Å². The van der Waals surface area contributed by atoms with E-state index in [9.17, 15) is 13.2 Å². The number of thiophene rings is 1. The van der Waals surface area contributed by atoms with Gasteiger partial charge in [-0.15, -0.1) is 11.3 Å². The van der Waals surface area contributed by atoms with Crippen LogP contribution in [0.3, 0.4) is 0 Å². The van der Waals surface area contributed by atoms with Gasteiger partial charge in [0.15, 0.2) is 0 Å². The first-order valence-electron chi connectivity index (χ1n) is 8.48. The predicted molar refractivity (Wildman–Crippen MR) is 99.4 cm³/mol. The molecule has 0 spiro atoms. The normalized spacial score (nSPS) is 15.3. The van der Waals surface area contributed by atoms with Crippen LogP contribution in [-0.4, -0.2) is 38.9 Å². The van der Waals surface area contributed by atoms with Gasteiger partial charge in [-0.3, -0.25) is 4.79 Å². The number of carbonyl (C=O) groups is 1. The minimum absolute atomic E-state index is 0.0192. The number of hydrogen-bond acceptors (Lipinski definition) is 4. The van der Waals surface area contributed by atoms with Gasteiger partial charge < -0.3 is 4.90 Å². The van der Waals surface area contributed by atoms with E-state index in [2.05, 4.69) is 4.72 Å². The van der Waals surface area contributed by atoms with Crippen molar-refractivity contribution in [2.75, 3.05) is 19.6 Å². The molecule has 1 aliphatic heterocycles. The fourth-order valence-corrected chi connectivity index (χ4v) is 4.64. The molecule has 1 aromatic carbocycles. The molecular weight excluding hydrogens is 356 g/mol. The summed E-state index contributed by atoms with van der Waals surface area (Å²) in [4.78, 5) is 15.6. The quantitative estimate of drug-likeness (QED) is 0.840. The van der Waals surface area contributed by atoms with E-state index in [0.717, 1.165) is 37.2 Å². The molecule has 1 saturated heterocycles. The third kappa shape index (κ3) is 4.68. The Bertz CT molecular complexity index is 793. The summed E-state index contributed by atoms with van der Waals surface area (Å²) >= 11 is 1.61. The lowest BCUT2D eigenvalue weighted by atomic mass is 10.1. The second-order valence-electron chi connectivity index (χ2n) is 6.10. The summed E-state index contributed by atoms with van der Waals surface area (Å²) < 4.78 is 27.3. The highest BCUT2D eigenvalue weighted by atomic mass is 32.2. The van der Waals surface area contributed by atoms with E-state index >= 15 is 0 Å². The fraction of sp³-hybridized carbons (Fsp3) is 0.389. The van der Waals surface area contributed by atoms with Crippen molar-refractivity contribution in [2.24, 2.45) is 0 Å². The van der Waals surface area contributed by atoms with Crippen LogP contribution < -0.4 is 4.72 Å². The van der Waals surface area contributed by atoms with Crippen molar-refractivity contribution in [3.05, 3.63) is 52.2 Å². The zero-order valence-corrected chi connectivity index (χ0v) is 15.6. The summed E-state index contributed by atoms with van der Waals surface area (Å²) in [7, 11) is -3.55. The Morgan fingerprint density at radius 1 is 1.08 bits per heavy atom. The number of sulfonamides is 1. The molecule has 2 aromatic rings. The van der Waals surface area contributed by atoms with Crippen LogP contribution >= 0.6 is 11.3 Å². The molecule has 0 bridgehead atoms. The summed E-state index contributed by atoms with van der Waals surface area (Å²) in [5.74, 6) is -0.0192. The lowest BCUT2D eigenvalue weighted by molar-refractivity contribution is 0.0724. The highest BCUT2D eigenvalue weighted by Gasteiger charge is 2.19. The van der Waals surface area contributed by atoms with E-state index in [0.29, 0.717) is 18.5 Å². The van der Waals surface area contributed by atoms with Crippen molar-refractivity contribution in [2.45, 2.75) is 30.6 Å². The van der Waals surface area contributed by atoms with Crippen LogP contribution in [0.25, 0.3) is 0 Å². The maximum Gasteiger partial charge on any atom is 0.253 e. The maximum atomic E-state index is 12.4. The average molecular weight is 379 g/mol. The molecule has 1 aliphatic rings. The van der Waals surface area contributed by atoms with Gasteiger partial charge in [-0.05, 0) is 61.4 Å². The molecule has 134 valence electrons. The van der Waals surface area contributed by atoms with E-state index < -0.39 is 10.0 Å². The van der Waals surface area contributed by atoms with Gasteiger partial charge in [0, 0.05) is 30.1 Å². The van der Waals surface area contributed by atoms with Crippen molar-refractivity contribution in [1.29, 1.82) is 0 Å². The van der Waals surface area contributed by atoms with Gasteiger partial charge in [0.05, 0.1) is 4.90 Å². The lowest BCUT2D eigenvalue weighted by Gasteiger charge is -2.26. The summed E-state index contributed by atoms with van der Waals surface area (Å²) in [6.45, 7) is 1.92. The SMILES string of the molecule is O=C(c1ccc(S(=O)(=O)NCCc2cccs2)cc1)N1CCCCC1. The van der Waals surface area contributed by atoms with Crippen LogP contribution in [-0.2, 0) is 16.4 Å². The molecular formula is C18H22N2O3S2. The van der Waals surface area contributed by atoms with Gasteiger partial charge >= 0.3 is 0 Å². The first kappa shape index (κ1) is 18.1. The number of nitrogens with one attached hydrogen (secondary N) is 1. The standard InChI is InChI=1S/C18H22N2O3S2/c21-18(20-12-2-1-3-13-20)15-6-8-17(9-7-15)25(22,23)19-11-10-16-5-4-14-24-16/h4-9,14,19H,1-3,10-13H2. The molecule has 0 aliphatic carbocycles. The zero-order chi connectivity index (χ0) is 17.7. The molecule has 2 heterocycles. The lowest BCUT2D eigenvalue weighted by Crippen LogP contribution is -2.35. The second kappa shape index (κ2) is 8.12. The van der Waals surface area contributed by atoms with E-state index in [1.165, 1.54) is 12.1 Å². The number of likely N-dealkylation sites (tertiary alicyclic amines) is 1. The summed E-state index contributed by atoms with van der Waals surface area (Å²) in [6.07, 6.45) is 3.90. The van der Waals surface area contributed by atoms with Gasteiger partial charge in [-0.2, -0.15) is 0 Å². The Hall–Kier alpha value is -1.70. The predicted octanol–water partition coefficient (Wildman–Crippen LogP) is 2.90. The highest BCUT2D eigenvalue weighted by Crippen LogP contribution is 2.16.